The van der Waals surface area contributed by atoms with Crippen molar-refractivity contribution in [3.05, 3.63) is 83.1 Å². The zero-order valence-corrected chi connectivity index (χ0v) is 18.6. The van der Waals surface area contributed by atoms with Crippen molar-refractivity contribution in [3.8, 4) is 17.1 Å². The largest absolute Gasteiger partial charge is 0.324 e. The molecule has 6 nitrogen and oxygen atoms in total. The molecule has 0 unspecified atom stereocenters. The molecule has 1 N–H and O–H groups in total. The Bertz CT molecular complexity index is 1230. The number of benzene rings is 2. The summed E-state index contributed by atoms with van der Waals surface area (Å²) in [5.74, 6) is 0.701. The quantitative estimate of drug-likeness (QED) is 0.403. The number of pyridine rings is 1. The fraction of sp³-hybridized carbons (Fsp3) is 0.130. The highest BCUT2D eigenvalue weighted by Gasteiger charge is 2.18. The Morgan fingerprint density at radius 2 is 1.84 bits per heavy atom. The molecule has 0 radical (unpaired) electrons. The number of nitrogens with zero attached hydrogens (tertiary/aromatic N) is 4. The standard InChI is InChI=1S/C23H20ClN5OS/c1-15-7-8-19(18(24)13-15)26-21(30)14-31-23-28-27-22(17-9-11-25-12-10-17)29(23)20-6-4-3-5-16(20)2/h3-13H,14H2,1-2H3,(H,26,30). The third-order valence-electron chi connectivity index (χ3n) is 4.66. The summed E-state index contributed by atoms with van der Waals surface area (Å²) in [4.78, 5) is 16.6. The average molecular weight is 450 g/mol. The van der Waals surface area contributed by atoms with E-state index < -0.39 is 0 Å². The summed E-state index contributed by atoms with van der Waals surface area (Å²) in [5, 5.41) is 12.8. The number of amides is 1. The molecular weight excluding hydrogens is 430 g/mol. The number of anilines is 1. The van der Waals surface area contributed by atoms with Crippen LogP contribution in [-0.4, -0.2) is 31.4 Å². The normalized spacial score (nSPS) is 10.8. The highest BCUT2D eigenvalue weighted by molar-refractivity contribution is 7.99. The molecule has 2 heterocycles. The second-order valence-electron chi connectivity index (χ2n) is 6.98. The van der Waals surface area contributed by atoms with Gasteiger partial charge in [-0.15, -0.1) is 10.2 Å². The van der Waals surface area contributed by atoms with Gasteiger partial charge >= 0.3 is 0 Å². The van der Waals surface area contributed by atoms with Gasteiger partial charge in [-0.2, -0.15) is 0 Å². The number of hydrogen-bond acceptors (Lipinski definition) is 5. The van der Waals surface area contributed by atoms with Crippen molar-refractivity contribution in [2.75, 3.05) is 11.1 Å². The van der Waals surface area contributed by atoms with Gasteiger partial charge in [0, 0.05) is 18.0 Å². The van der Waals surface area contributed by atoms with Crippen LogP contribution < -0.4 is 5.32 Å². The number of aryl methyl sites for hydroxylation is 2. The molecule has 8 heteroatoms. The van der Waals surface area contributed by atoms with Crippen LogP contribution in [0.15, 0.2) is 72.1 Å². The Labute approximate surface area is 189 Å². The van der Waals surface area contributed by atoms with Gasteiger partial charge in [-0.3, -0.25) is 14.3 Å². The topological polar surface area (TPSA) is 72.7 Å². The van der Waals surface area contributed by atoms with Crippen molar-refractivity contribution in [2.24, 2.45) is 0 Å². The van der Waals surface area contributed by atoms with E-state index in [1.54, 1.807) is 18.5 Å². The molecule has 0 aliphatic heterocycles. The summed E-state index contributed by atoms with van der Waals surface area (Å²) >= 11 is 7.55. The molecule has 0 fully saturated rings. The Morgan fingerprint density at radius 3 is 2.58 bits per heavy atom. The minimum Gasteiger partial charge on any atom is -0.324 e. The Hall–Kier alpha value is -3.16. The van der Waals surface area contributed by atoms with Gasteiger partial charge in [-0.1, -0.05) is 47.6 Å². The maximum atomic E-state index is 12.6. The molecule has 0 aliphatic rings. The Balaban J connectivity index is 1.60. The van der Waals surface area contributed by atoms with Crippen LogP contribution in [0.2, 0.25) is 5.02 Å². The monoisotopic (exact) mass is 449 g/mol. The first-order valence-corrected chi connectivity index (χ1v) is 11.0. The van der Waals surface area contributed by atoms with E-state index >= 15 is 0 Å². The molecule has 4 aromatic rings. The van der Waals surface area contributed by atoms with Crippen LogP contribution in [0.1, 0.15) is 11.1 Å². The minimum absolute atomic E-state index is 0.166. The number of nitrogens with one attached hydrogen (secondary N) is 1. The zero-order valence-electron chi connectivity index (χ0n) is 17.0. The van der Waals surface area contributed by atoms with Gasteiger partial charge in [0.1, 0.15) is 0 Å². The van der Waals surface area contributed by atoms with E-state index in [2.05, 4.69) is 20.5 Å². The molecule has 156 valence electrons. The average Bonchev–Trinajstić information content (AvgIpc) is 3.19. The van der Waals surface area contributed by atoms with E-state index in [-0.39, 0.29) is 11.7 Å². The van der Waals surface area contributed by atoms with Crippen molar-refractivity contribution in [1.29, 1.82) is 0 Å². The van der Waals surface area contributed by atoms with Crippen LogP contribution >= 0.6 is 23.4 Å². The van der Waals surface area contributed by atoms with Gasteiger partial charge in [0.15, 0.2) is 11.0 Å². The smallest absolute Gasteiger partial charge is 0.234 e. The van der Waals surface area contributed by atoms with E-state index in [9.17, 15) is 4.79 Å². The molecule has 0 aliphatic carbocycles. The van der Waals surface area contributed by atoms with Crippen LogP contribution in [0.4, 0.5) is 5.69 Å². The SMILES string of the molecule is Cc1ccc(NC(=O)CSc2nnc(-c3ccncc3)n2-c2ccccc2C)c(Cl)c1. The predicted molar refractivity (Wildman–Crippen MR) is 125 cm³/mol. The van der Waals surface area contributed by atoms with E-state index in [0.717, 1.165) is 22.4 Å². The van der Waals surface area contributed by atoms with Crippen LogP contribution in [0.25, 0.3) is 17.1 Å². The molecule has 0 atom stereocenters. The second kappa shape index (κ2) is 9.32. The van der Waals surface area contributed by atoms with Crippen LogP contribution in [0.3, 0.4) is 0 Å². The summed E-state index contributed by atoms with van der Waals surface area (Å²) in [6.45, 7) is 3.98. The maximum Gasteiger partial charge on any atom is 0.234 e. The fourth-order valence-electron chi connectivity index (χ4n) is 3.12. The summed E-state index contributed by atoms with van der Waals surface area (Å²) in [5.41, 5.74) is 4.57. The van der Waals surface area contributed by atoms with Gasteiger partial charge in [0.2, 0.25) is 5.91 Å². The van der Waals surface area contributed by atoms with Crippen molar-refractivity contribution in [1.82, 2.24) is 19.7 Å². The first kappa shape index (κ1) is 21.1. The Morgan fingerprint density at radius 1 is 1.06 bits per heavy atom. The maximum absolute atomic E-state index is 12.6. The van der Waals surface area contributed by atoms with Gasteiger partial charge in [0.05, 0.1) is 22.2 Å². The second-order valence-corrected chi connectivity index (χ2v) is 8.33. The lowest BCUT2D eigenvalue weighted by atomic mass is 10.2. The third-order valence-corrected chi connectivity index (χ3v) is 5.90. The predicted octanol–water partition coefficient (Wildman–Crippen LogP) is 5.33. The lowest BCUT2D eigenvalue weighted by Crippen LogP contribution is -2.15. The van der Waals surface area contributed by atoms with Gasteiger partial charge in [0.25, 0.3) is 0 Å². The number of aromatic nitrogens is 4. The molecule has 1 amide bonds. The summed E-state index contributed by atoms with van der Waals surface area (Å²) < 4.78 is 1.97. The summed E-state index contributed by atoms with van der Waals surface area (Å²) in [6, 6.07) is 17.3. The van der Waals surface area contributed by atoms with Gasteiger partial charge < -0.3 is 5.32 Å². The van der Waals surface area contributed by atoms with Crippen LogP contribution in [-0.2, 0) is 4.79 Å². The third kappa shape index (κ3) is 4.78. The van der Waals surface area contributed by atoms with E-state index in [1.165, 1.54) is 11.8 Å². The highest BCUT2D eigenvalue weighted by atomic mass is 35.5. The summed E-state index contributed by atoms with van der Waals surface area (Å²) in [6.07, 6.45) is 3.44. The summed E-state index contributed by atoms with van der Waals surface area (Å²) in [7, 11) is 0. The van der Waals surface area contributed by atoms with Crippen LogP contribution in [0, 0.1) is 13.8 Å². The van der Waals surface area contributed by atoms with Crippen molar-refractivity contribution in [3.63, 3.8) is 0 Å². The molecule has 31 heavy (non-hydrogen) atoms. The van der Waals surface area contributed by atoms with E-state index in [0.29, 0.717) is 21.7 Å². The number of rotatable bonds is 6. The Kier molecular flexibility index (Phi) is 6.34. The fourth-order valence-corrected chi connectivity index (χ4v) is 4.15. The van der Waals surface area contributed by atoms with Crippen LogP contribution in [0.5, 0.6) is 0 Å². The number of hydrogen-bond donors (Lipinski definition) is 1. The molecule has 0 saturated carbocycles. The molecule has 2 aromatic heterocycles. The number of carbonyl (C=O) groups excluding carboxylic acids is 1. The zero-order chi connectivity index (χ0) is 21.8. The molecule has 0 spiro atoms. The van der Waals surface area contributed by atoms with E-state index in [1.807, 2.05) is 66.9 Å². The number of para-hydroxylation sites is 1. The van der Waals surface area contributed by atoms with Gasteiger partial charge in [-0.05, 0) is 55.3 Å². The number of thioether (sulfide) groups is 1. The molecule has 0 saturated heterocycles. The lowest BCUT2D eigenvalue weighted by Gasteiger charge is -2.13. The highest BCUT2D eigenvalue weighted by Crippen LogP contribution is 2.29. The molecule has 0 bridgehead atoms. The van der Waals surface area contributed by atoms with E-state index in [4.69, 9.17) is 11.6 Å². The van der Waals surface area contributed by atoms with Crippen molar-refractivity contribution in [2.45, 2.75) is 19.0 Å². The molecule has 2 aromatic carbocycles. The van der Waals surface area contributed by atoms with Crippen molar-refractivity contribution >= 4 is 35.0 Å². The number of carbonyl (C=O) groups is 1. The minimum atomic E-state index is -0.166. The molecular formula is C23H20ClN5OS. The van der Waals surface area contributed by atoms with Crippen molar-refractivity contribution < 1.29 is 4.79 Å². The van der Waals surface area contributed by atoms with Gasteiger partial charge in [-0.25, -0.2) is 0 Å². The number of halogens is 1. The molecule has 4 rings (SSSR count). The first-order valence-electron chi connectivity index (χ1n) is 9.63. The lowest BCUT2D eigenvalue weighted by molar-refractivity contribution is -0.113. The first-order chi connectivity index (χ1) is 15.0.